The Hall–Kier alpha value is -0.870. The first-order chi connectivity index (χ1) is 9.29. The Bertz CT molecular complexity index is 358. The molecule has 1 aromatic rings. The molecule has 1 aliphatic rings. The highest BCUT2D eigenvalue weighted by Gasteiger charge is 2.20. The van der Waals surface area contributed by atoms with Gasteiger partial charge in [-0.15, -0.1) is 0 Å². The molecule has 1 aliphatic heterocycles. The minimum Gasteiger partial charge on any atom is -0.378 e. The quantitative estimate of drug-likeness (QED) is 0.784. The molecule has 0 radical (unpaired) electrons. The highest BCUT2D eigenvalue weighted by molar-refractivity contribution is 4.92. The van der Waals surface area contributed by atoms with E-state index in [4.69, 9.17) is 4.74 Å². The first-order valence-corrected chi connectivity index (χ1v) is 7.60. The van der Waals surface area contributed by atoms with Gasteiger partial charge in [-0.2, -0.15) is 0 Å². The standard InChI is InChI=1S/C15H27N3O/c1-3-8-16-13(12-14-5-4-11-19-14)6-7-15-17-9-10-18(15)2/h9-10,13-14,16H,3-8,11-12H2,1-2H3. The highest BCUT2D eigenvalue weighted by atomic mass is 16.5. The van der Waals surface area contributed by atoms with Crippen LogP contribution in [0.15, 0.2) is 12.4 Å². The SMILES string of the molecule is CCCNC(CCc1nccn1C)CC1CCCO1. The minimum atomic E-state index is 0.468. The van der Waals surface area contributed by atoms with E-state index in [-0.39, 0.29) is 0 Å². The monoisotopic (exact) mass is 265 g/mol. The molecule has 0 aliphatic carbocycles. The van der Waals surface area contributed by atoms with Crippen molar-refractivity contribution in [3.8, 4) is 0 Å². The number of rotatable bonds is 8. The first kappa shape index (κ1) is 14.5. The third-order valence-electron chi connectivity index (χ3n) is 3.89. The number of hydrogen-bond acceptors (Lipinski definition) is 3. The fourth-order valence-electron chi connectivity index (χ4n) is 2.74. The van der Waals surface area contributed by atoms with Crippen LogP contribution in [0.1, 0.15) is 44.9 Å². The summed E-state index contributed by atoms with van der Waals surface area (Å²) >= 11 is 0. The lowest BCUT2D eigenvalue weighted by Crippen LogP contribution is -2.33. The number of nitrogens with one attached hydrogen (secondary N) is 1. The number of aromatic nitrogens is 2. The van der Waals surface area contributed by atoms with E-state index < -0.39 is 0 Å². The van der Waals surface area contributed by atoms with E-state index in [9.17, 15) is 0 Å². The van der Waals surface area contributed by atoms with E-state index in [1.165, 1.54) is 25.1 Å². The second-order valence-electron chi connectivity index (χ2n) is 5.51. The maximum absolute atomic E-state index is 5.76. The van der Waals surface area contributed by atoms with Gasteiger partial charge in [-0.1, -0.05) is 6.92 Å². The zero-order valence-corrected chi connectivity index (χ0v) is 12.3. The average Bonchev–Trinajstić information content (AvgIpc) is 3.04. The van der Waals surface area contributed by atoms with Gasteiger partial charge in [-0.25, -0.2) is 4.98 Å². The summed E-state index contributed by atoms with van der Waals surface area (Å²) in [7, 11) is 2.07. The molecule has 0 bridgehead atoms. The second kappa shape index (κ2) is 7.65. The van der Waals surface area contributed by atoms with E-state index in [0.29, 0.717) is 12.1 Å². The molecule has 0 saturated carbocycles. The van der Waals surface area contributed by atoms with Crippen LogP contribution in [-0.4, -0.2) is 34.8 Å². The van der Waals surface area contributed by atoms with Crippen molar-refractivity contribution in [2.75, 3.05) is 13.2 Å². The molecule has 1 N–H and O–H groups in total. The van der Waals surface area contributed by atoms with Gasteiger partial charge in [0.15, 0.2) is 0 Å². The van der Waals surface area contributed by atoms with Gasteiger partial charge in [0.2, 0.25) is 0 Å². The Balaban J connectivity index is 1.80. The van der Waals surface area contributed by atoms with E-state index in [0.717, 1.165) is 32.4 Å². The van der Waals surface area contributed by atoms with E-state index >= 15 is 0 Å². The topological polar surface area (TPSA) is 39.1 Å². The molecule has 0 aromatic carbocycles. The lowest BCUT2D eigenvalue weighted by atomic mass is 10.0. The zero-order valence-electron chi connectivity index (χ0n) is 12.3. The maximum atomic E-state index is 5.76. The largest absolute Gasteiger partial charge is 0.378 e. The Labute approximate surface area is 116 Å². The van der Waals surface area contributed by atoms with E-state index in [1.54, 1.807) is 0 Å². The van der Waals surface area contributed by atoms with Gasteiger partial charge < -0.3 is 14.6 Å². The third kappa shape index (κ3) is 4.62. The van der Waals surface area contributed by atoms with Crippen molar-refractivity contribution in [3.63, 3.8) is 0 Å². The van der Waals surface area contributed by atoms with Crippen LogP contribution in [0.5, 0.6) is 0 Å². The van der Waals surface area contributed by atoms with Gasteiger partial charge in [-0.3, -0.25) is 0 Å². The number of ether oxygens (including phenoxy) is 1. The summed E-state index contributed by atoms with van der Waals surface area (Å²) in [5.74, 6) is 1.18. The average molecular weight is 265 g/mol. The van der Waals surface area contributed by atoms with Crippen molar-refractivity contribution < 1.29 is 4.74 Å². The molecular weight excluding hydrogens is 238 g/mol. The van der Waals surface area contributed by atoms with Crippen LogP contribution in [0.25, 0.3) is 0 Å². The summed E-state index contributed by atoms with van der Waals surface area (Å²) in [5, 5.41) is 3.66. The summed E-state index contributed by atoms with van der Waals surface area (Å²) in [6.07, 6.45) is 11.3. The molecule has 108 valence electrons. The molecule has 2 heterocycles. The van der Waals surface area contributed by atoms with Crippen molar-refractivity contribution in [2.45, 2.75) is 57.6 Å². The molecule has 0 spiro atoms. The first-order valence-electron chi connectivity index (χ1n) is 7.60. The summed E-state index contributed by atoms with van der Waals surface area (Å²) in [6, 6.07) is 0.555. The third-order valence-corrected chi connectivity index (χ3v) is 3.89. The van der Waals surface area contributed by atoms with Gasteiger partial charge in [0.05, 0.1) is 6.10 Å². The molecule has 1 fully saturated rings. The molecule has 0 amide bonds. The van der Waals surface area contributed by atoms with Crippen molar-refractivity contribution in [1.29, 1.82) is 0 Å². The lowest BCUT2D eigenvalue weighted by Gasteiger charge is -2.21. The van der Waals surface area contributed by atoms with Crippen molar-refractivity contribution in [2.24, 2.45) is 7.05 Å². The summed E-state index contributed by atoms with van der Waals surface area (Å²) < 4.78 is 7.88. The van der Waals surface area contributed by atoms with Crippen LogP contribution in [0.2, 0.25) is 0 Å². The molecule has 4 heteroatoms. The van der Waals surface area contributed by atoms with Gasteiger partial charge in [0, 0.05) is 38.5 Å². The summed E-state index contributed by atoms with van der Waals surface area (Å²) in [4.78, 5) is 4.40. The van der Waals surface area contributed by atoms with Crippen molar-refractivity contribution in [1.82, 2.24) is 14.9 Å². The number of nitrogens with zero attached hydrogens (tertiary/aromatic N) is 2. The fourth-order valence-corrected chi connectivity index (χ4v) is 2.74. The Kier molecular flexibility index (Phi) is 5.86. The summed E-state index contributed by atoms with van der Waals surface area (Å²) in [5.41, 5.74) is 0. The Morgan fingerprint density at radius 1 is 1.58 bits per heavy atom. The predicted octanol–water partition coefficient (Wildman–Crippen LogP) is 2.29. The van der Waals surface area contributed by atoms with Crippen LogP contribution in [-0.2, 0) is 18.2 Å². The molecule has 1 aromatic heterocycles. The normalized spacial score (nSPS) is 20.8. The van der Waals surface area contributed by atoms with Gasteiger partial charge in [0.25, 0.3) is 0 Å². The number of aryl methyl sites for hydroxylation is 2. The zero-order chi connectivity index (χ0) is 13.5. The summed E-state index contributed by atoms with van der Waals surface area (Å²) in [6.45, 7) is 4.26. The van der Waals surface area contributed by atoms with Crippen molar-refractivity contribution in [3.05, 3.63) is 18.2 Å². The van der Waals surface area contributed by atoms with Crippen LogP contribution < -0.4 is 5.32 Å². The fraction of sp³-hybridized carbons (Fsp3) is 0.800. The van der Waals surface area contributed by atoms with Crippen LogP contribution in [0, 0.1) is 0 Å². The van der Waals surface area contributed by atoms with Gasteiger partial charge in [-0.05, 0) is 38.6 Å². The second-order valence-corrected chi connectivity index (χ2v) is 5.51. The Morgan fingerprint density at radius 2 is 2.47 bits per heavy atom. The minimum absolute atomic E-state index is 0.468. The highest BCUT2D eigenvalue weighted by Crippen LogP contribution is 2.19. The molecular formula is C15H27N3O. The predicted molar refractivity (Wildman–Crippen MR) is 77.2 cm³/mol. The van der Waals surface area contributed by atoms with Crippen LogP contribution in [0.3, 0.4) is 0 Å². The van der Waals surface area contributed by atoms with E-state index in [2.05, 4.69) is 28.8 Å². The molecule has 1 saturated heterocycles. The van der Waals surface area contributed by atoms with E-state index in [1.807, 2.05) is 12.4 Å². The molecule has 2 rings (SSSR count). The molecule has 19 heavy (non-hydrogen) atoms. The van der Waals surface area contributed by atoms with Crippen LogP contribution >= 0.6 is 0 Å². The number of hydrogen-bond donors (Lipinski definition) is 1. The lowest BCUT2D eigenvalue weighted by molar-refractivity contribution is 0.0935. The molecule has 2 atom stereocenters. The number of imidazole rings is 1. The van der Waals surface area contributed by atoms with Gasteiger partial charge in [0.1, 0.15) is 5.82 Å². The molecule has 2 unspecified atom stereocenters. The van der Waals surface area contributed by atoms with Crippen LogP contribution in [0.4, 0.5) is 0 Å². The van der Waals surface area contributed by atoms with Crippen molar-refractivity contribution >= 4 is 0 Å². The maximum Gasteiger partial charge on any atom is 0.108 e. The Morgan fingerprint density at radius 3 is 3.11 bits per heavy atom. The smallest absolute Gasteiger partial charge is 0.108 e. The van der Waals surface area contributed by atoms with Gasteiger partial charge >= 0.3 is 0 Å². The molecule has 4 nitrogen and oxygen atoms in total.